The number of benzene rings is 2. The summed E-state index contributed by atoms with van der Waals surface area (Å²) >= 11 is 0. The molecule has 4 rings (SSSR count). The zero-order valence-corrected chi connectivity index (χ0v) is 18.4. The summed E-state index contributed by atoms with van der Waals surface area (Å²) in [4.78, 5) is 12.8. The van der Waals surface area contributed by atoms with Gasteiger partial charge >= 0.3 is 0 Å². The number of hydrogen-bond donors (Lipinski definition) is 1. The van der Waals surface area contributed by atoms with Crippen molar-refractivity contribution in [1.82, 2.24) is 9.78 Å². The number of para-hydroxylation sites is 1. The fraction of sp³-hybridized carbons (Fsp3) is 0.333. The lowest BCUT2D eigenvalue weighted by molar-refractivity contribution is -0.125. The van der Waals surface area contributed by atoms with Gasteiger partial charge in [-0.1, -0.05) is 39.0 Å². The van der Waals surface area contributed by atoms with E-state index in [-0.39, 0.29) is 17.9 Å². The Kier molecular flexibility index (Phi) is 5.35. The van der Waals surface area contributed by atoms with Crippen molar-refractivity contribution < 1.29 is 19.0 Å². The largest absolute Gasteiger partial charge is 0.496 e. The summed E-state index contributed by atoms with van der Waals surface area (Å²) in [6.45, 7) is 6.56. The highest BCUT2D eigenvalue weighted by Gasteiger charge is 2.29. The van der Waals surface area contributed by atoms with Gasteiger partial charge in [-0.25, -0.2) is 0 Å². The maximum Gasteiger partial charge on any atom is 0.270 e. The molecule has 0 fully saturated rings. The number of aromatic nitrogens is 2. The Morgan fingerprint density at radius 2 is 1.94 bits per heavy atom. The molecule has 2 aromatic carbocycles. The fourth-order valence-corrected chi connectivity index (χ4v) is 3.45. The number of amides is 1. The molecule has 2 heterocycles. The average molecular weight is 421 g/mol. The SMILES string of the molecule is COc1ccccc1-c1cc(NC(=O)C2COc3cc(C(C)(C)C)ccc3O2)n(C)n1. The Balaban J connectivity index is 1.49. The zero-order valence-electron chi connectivity index (χ0n) is 18.4. The normalized spacial score (nSPS) is 15.5. The van der Waals surface area contributed by atoms with Gasteiger partial charge in [-0.2, -0.15) is 5.10 Å². The van der Waals surface area contributed by atoms with E-state index >= 15 is 0 Å². The number of fused-ring (bicyclic) bond motifs is 1. The van der Waals surface area contributed by atoms with Crippen LogP contribution in [0.5, 0.6) is 17.2 Å². The number of carbonyl (C=O) groups excluding carboxylic acids is 1. The van der Waals surface area contributed by atoms with Gasteiger partial charge in [0.15, 0.2) is 11.5 Å². The number of nitrogens with zero attached hydrogens (tertiary/aromatic N) is 2. The second-order valence-electron chi connectivity index (χ2n) is 8.56. The molecule has 1 N–H and O–H groups in total. The average Bonchev–Trinajstić information content (AvgIpc) is 3.12. The Morgan fingerprint density at radius 3 is 2.68 bits per heavy atom. The smallest absolute Gasteiger partial charge is 0.270 e. The van der Waals surface area contributed by atoms with Crippen LogP contribution in [0.15, 0.2) is 48.5 Å². The molecule has 1 aromatic heterocycles. The molecule has 1 aliphatic rings. The number of carbonyl (C=O) groups is 1. The molecular formula is C24H27N3O4. The van der Waals surface area contributed by atoms with Crippen LogP contribution in [-0.2, 0) is 17.3 Å². The molecule has 1 aliphatic heterocycles. The number of anilines is 1. The molecule has 1 atom stereocenters. The van der Waals surface area contributed by atoms with E-state index in [9.17, 15) is 4.79 Å². The first-order valence-corrected chi connectivity index (χ1v) is 10.2. The Labute approximate surface area is 181 Å². The highest BCUT2D eigenvalue weighted by molar-refractivity contribution is 5.94. The number of methoxy groups -OCH3 is 1. The van der Waals surface area contributed by atoms with E-state index < -0.39 is 6.10 Å². The maximum absolute atomic E-state index is 12.8. The van der Waals surface area contributed by atoms with Crippen LogP contribution in [-0.4, -0.2) is 35.5 Å². The van der Waals surface area contributed by atoms with Gasteiger partial charge < -0.3 is 19.5 Å². The maximum atomic E-state index is 12.8. The second kappa shape index (κ2) is 7.98. The number of ether oxygens (including phenoxy) is 3. The Hall–Kier alpha value is -3.48. The standard InChI is InChI=1S/C24H27N3O4/c1-24(2,3)15-10-11-19-20(12-15)30-14-21(31-19)23(28)25-22-13-17(26-27(22)4)16-8-6-7-9-18(16)29-5/h6-13,21H,14H2,1-5H3,(H,25,28). The van der Waals surface area contributed by atoms with Crippen LogP contribution in [0.25, 0.3) is 11.3 Å². The molecule has 0 spiro atoms. The summed E-state index contributed by atoms with van der Waals surface area (Å²) in [7, 11) is 3.39. The van der Waals surface area contributed by atoms with Crippen LogP contribution in [0.4, 0.5) is 5.82 Å². The van der Waals surface area contributed by atoms with Crippen molar-refractivity contribution >= 4 is 11.7 Å². The van der Waals surface area contributed by atoms with E-state index in [1.54, 1.807) is 18.8 Å². The lowest BCUT2D eigenvalue weighted by Crippen LogP contribution is -2.40. The summed E-state index contributed by atoms with van der Waals surface area (Å²) in [6, 6.07) is 15.3. The van der Waals surface area contributed by atoms with Crippen molar-refractivity contribution in [3.63, 3.8) is 0 Å². The van der Waals surface area contributed by atoms with Crippen LogP contribution >= 0.6 is 0 Å². The third-order valence-electron chi connectivity index (χ3n) is 5.28. The number of aryl methyl sites for hydroxylation is 1. The van der Waals surface area contributed by atoms with Crippen molar-refractivity contribution in [2.75, 3.05) is 19.0 Å². The summed E-state index contributed by atoms with van der Waals surface area (Å²) in [5, 5.41) is 7.40. The molecule has 162 valence electrons. The number of rotatable bonds is 4. The summed E-state index contributed by atoms with van der Waals surface area (Å²) in [5.41, 5.74) is 2.71. The van der Waals surface area contributed by atoms with Gasteiger partial charge in [-0.05, 0) is 35.2 Å². The predicted molar refractivity (Wildman–Crippen MR) is 119 cm³/mol. The zero-order chi connectivity index (χ0) is 22.2. The van der Waals surface area contributed by atoms with Gasteiger partial charge in [-0.3, -0.25) is 9.48 Å². The second-order valence-corrected chi connectivity index (χ2v) is 8.56. The van der Waals surface area contributed by atoms with Gasteiger partial charge in [0.1, 0.15) is 18.2 Å². The number of nitrogens with one attached hydrogen (secondary N) is 1. The van der Waals surface area contributed by atoms with Crippen LogP contribution in [0.1, 0.15) is 26.3 Å². The molecular weight excluding hydrogens is 394 g/mol. The highest BCUT2D eigenvalue weighted by Crippen LogP contribution is 2.36. The first-order chi connectivity index (χ1) is 14.8. The molecule has 0 saturated heterocycles. The minimum absolute atomic E-state index is 0.00525. The molecule has 7 nitrogen and oxygen atoms in total. The summed E-state index contributed by atoms with van der Waals surface area (Å²) in [5.74, 6) is 2.21. The Bertz CT molecular complexity index is 1110. The monoisotopic (exact) mass is 421 g/mol. The molecule has 0 saturated carbocycles. The third kappa shape index (κ3) is 4.21. The lowest BCUT2D eigenvalue weighted by Gasteiger charge is -2.28. The lowest BCUT2D eigenvalue weighted by atomic mass is 9.87. The Morgan fingerprint density at radius 1 is 1.16 bits per heavy atom. The van der Waals surface area contributed by atoms with Gasteiger partial charge in [0.2, 0.25) is 6.10 Å². The molecule has 1 unspecified atom stereocenters. The predicted octanol–water partition coefficient (Wildman–Crippen LogP) is 4.17. The van der Waals surface area contributed by atoms with Gasteiger partial charge in [0.25, 0.3) is 5.91 Å². The van der Waals surface area contributed by atoms with Crippen molar-refractivity contribution in [3.8, 4) is 28.5 Å². The molecule has 0 bridgehead atoms. The summed E-state index contributed by atoms with van der Waals surface area (Å²) < 4.78 is 18.8. The molecule has 31 heavy (non-hydrogen) atoms. The third-order valence-corrected chi connectivity index (χ3v) is 5.28. The highest BCUT2D eigenvalue weighted by atomic mass is 16.6. The van der Waals surface area contributed by atoms with E-state index in [2.05, 4.69) is 31.2 Å². The van der Waals surface area contributed by atoms with Crippen LogP contribution in [0.2, 0.25) is 0 Å². The quantitative estimate of drug-likeness (QED) is 0.684. The minimum atomic E-state index is -0.752. The molecule has 0 aliphatic carbocycles. The van der Waals surface area contributed by atoms with Crippen LogP contribution < -0.4 is 19.5 Å². The number of hydrogen-bond acceptors (Lipinski definition) is 5. The van der Waals surface area contributed by atoms with Gasteiger partial charge in [0, 0.05) is 18.7 Å². The van der Waals surface area contributed by atoms with Crippen LogP contribution in [0.3, 0.4) is 0 Å². The van der Waals surface area contributed by atoms with E-state index in [1.165, 1.54) is 0 Å². The first-order valence-electron chi connectivity index (χ1n) is 10.2. The first kappa shape index (κ1) is 20.8. The van der Waals surface area contributed by atoms with Crippen molar-refractivity contribution in [2.45, 2.75) is 32.3 Å². The van der Waals surface area contributed by atoms with E-state index in [1.807, 2.05) is 48.5 Å². The molecule has 3 aromatic rings. The van der Waals surface area contributed by atoms with Crippen molar-refractivity contribution in [2.24, 2.45) is 7.05 Å². The van der Waals surface area contributed by atoms with Crippen molar-refractivity contribution in [1.29, 1.82) is 0 Å². The van der Waals surface area contributed by atoms with Gasteiger partial charge in [0.05, 0.1) is 12.8 Å². The topological polar surface area (TPSA) is 74.6 Å². The van der Waals surface area contributed by atoms with Crippen LogP contribution in [0, 0.1) is 0 Å². The van der Waals surface area contributed by atoms with E-state index in [4.69, 9.17) is 14.2 Å². The minimum Gasteiger partial charge on any atom is -0.496 e. The van der Waals surface area contributed by atoms with E-state index in [0.29, 0.717) is 28.8 Å². The molecule has 1 amide bonds. The van der Waals surface area contributed by atoms with Gasteiger partial charge in [-0.15, -0.1) is 0 Å². The summed E-state index contributed by atoms with van der Waals surface area (Å²) in [6.07, 6.45) is -0.752. The molecule has 7 heteroatoms. The molecule has 0 radical (unpaired) electrons. The fourth-order valence-electron chi connectivity index (χ4n) is 3.45. The van der Waals surface area contributed by atoms with E-state index in [0.717, 1.165) is 11.1 Å². The van der Waals surface area contributed by atoms with Crippen molar-refractivity contribution in [3.05, 3.63) is 54.1 Å².